The highest BCUT2D eigenvalue weighted by Gasteiger charge is 2.49. The second kappa shape index (κ2) is 5.78. The molecule has 2 aliphatic carbocycles. The molecule has 0 aliphatic heterocycles. The molecule has 0 atom stereocenters. The third-order valence-corrected chi connectivity index (χ3v) is 6.81. The minimum Gasteiger partial charge on any atom is -0.297 e. The van der Waals surface area contributed by atoms with Crippen molar-refractivity contribution in [3.63, 3.8) is 0 Å². The summed E-state index contributed by atoms with van der Waals surface area (Å²) >= 11 is 0. The fourth-order valence-electron chi connectivity index (χ4n) is 5.45. The third-order valence-electron chi connectivity index (χ3n) is 6.81. The maximum absolute atomic E-state index is 14.4. The molecule has 29 heavy (non-hydrogen) atoms. The van der Waals surface area contributed by atoms with Crippen LogP contribution in [-0.2, 0) is 10.2 Å². The Balaban J connectivity index is 1.62. The molecule has 0 aromatic heterocycles. The molecule has 2 aliphatic rings. The van der Waals surface area contributed by atoms with E-state index in [0.717, 1.165) is 22.3 Å². The topological polar surface area (TPSA) is 17.1 Å². The number of ketones is 1. The van der Waals surface area contributed by atoms with Crippen LogP contribution in [0.2, 0.25) is 0 Å². The zero-order valence-corrected chi connectivity index (χ0v) is 16.2. The standard InChI is InChI=1S/C28H20O/c1-28(24-16-8-6-12-20(24)21-13-7-9-17-25(21)28)27(29)26-22-14-4-2-10-18(22)19-11-3-5-15-23(19)26/h2-17,26H,1H3. The first-order chi connectivity index (χ1) is 14.2. The summed E-state index contributed by atoms with van der Waals surface area (Å²) in [5.74, 6) is 0.0129. The van der Waals surface area contributed by atoms with Crippen LogP contribution < -0.4 is 0 Å². The van der Waals surface area contributed by atoms with Gasteiger partial charge in [-0.05, 0) is 51.4 Å². The van der Waals surface area contributed by atoms with E-state index in [4.69, 9.17) is 0 Å². The monoisotopic (exact) mass is 372 g/mol. The van der Waals surface area contributed by atoms with Crippen molar-refractivity contribution in [3.8, 4) is 22.3 Å². The number of hydrogen-bond donors (Lipinski definition) is 0. The Bertz CT molecular complexity index is 1210. The van der Waals surface area contributed by atoms with E-state index >= 15 is 0 Å². The van der Waals surface area contributed by atoms with Gasteiger partial charge in [0.25, 0.3) is 0 Å². The van der Waals surface area contributed by atoms with Gasteiger partial charge in [-0.15, -0.1) is 0 Å². The normalized spacial score (nSPS) is 15.3. The first kappa shape index (κ1) is 16.5. The molecule has 0 fully saturated rings. The molecule has 0 saturated carbocycles. The summed E-state index contributed by atoms with van der Waals surface area (Å²) < 4.78 is 0. The van der Waals surface area contributed by atoms with Crippen LogP contribution in [0.5, 0.6) is 0 Å². The number of carbonyl (C=O) groups excluding carboxylic acids is 1. The second-order valence-corrected chi connectivity index (χ2v) is 8.19. The van der Waals surface area contributed by atoms with Crippen LogP contribution in [0.25, 0.3) is 22.3 Å². The highest BCUT2D eigenvalue weighted by atomic mass is 16.1. The molecule has 0 amide bonds. The maximum atomic E-state index is 14.4. The Hall–Kier alpha value is -3.45. The molecule has 138 valence electrons. The fraction of sp³-hybridized carbons (Fsp3) is 0.107. The Morgan fingerprint density at radius 1 is 0.586 bits per heavy atom. The molecule has 0 saturated heterocycles. The minimum absolute atomic E-state index is 0.244. The summed E-state index contributed by atoms with van der Waals surface area (Å²) in [5.41, 5.74) is 8.55. The fourth-order valence-corrected chi connectivity index (χ4v) is 5.45. The van der Waals surface area contributed by atoms with Gasteiger partial charge in [0.2, 0.25) is 0 Å². The van der Waals surface area contributed by atoms with E-state index in [2.05, 4.69) is 79.7 Å². The highest BCUT2D eigenvalue weighted by Crippen LogP contribution is 2.54. The van der Waals surface area contributed by atoms with Crippen molar-refractivity contribution in [2.75, 3.05) is 0 Å². The number of rotatable bonds is 2. The average molecular weight is 372 g/mol. The van der Waals surface area contributed by atoms with Crippen LogP contribution in [0, 0.1) is 0 Å². The molecule has 1 heteroatoms. The molecule has 0 radical (unpaired) electrons. The Labute approximate surface area is 170 Å². The lowest BCUT2D eigenvalue weighted by Crippen LogP contribution is -2.36. The van der Waals surface area contributed by atoms with Crippen LogP contribution in [0.4, 0.5) is 0 Å². The van der Waals surface area contributed by atoms with Gasteiger partial charge in [-0.25, -0.2) is 0 Å². The molecule has 0 bridgehead atoms. The molecular weight excluding hydrogens is 352 g/mol. The Kier molecular flexibility index (Phi) is 3.29. The predicted molar refractivity (Wildman–Crippen MR) is 117 cm³/mol. The molecular formula is C28H20O. The van der Waals surface area contributed by atoms with Gasteiger partial charge in [0, 0.05) is 0 Å². The van der Waals surface area contributed by atoms with Crippen molar-refractivity contribution in [1.29, 1.82) is 0 Å². The van der Waals surface area contributed by atoms with Crippen molar-refractivity contribution in [1.82, 2.24) is 0 Å². The second-order valence-electron chi connectivity index (χ2n) is 8.19. The Morgan fingerprint density at radius 2 is 0.966 bits per heavy atom. The number of benzene rings is 4. The molecule has 0 heterocycles. The van der Waals surface area contributed by atoms with Gasteiger partial charge in [0.15, 0.2) is 5.78 Å². The molecule has 4 aromatic carbocycles. The quantitative estimate of drug-likeness (QED) is 0.400. The lowest BCUT2D eigenvalue weighted by molar-refractivity contribution is -0.123. The average Bonchev–Trinajstić information content (AvgIpc) is 3.25. The van der Waals surface area contributed by atoms with E-state index in [1.54, 1.807) is 0 Å². The largest absolute Gasteiger partial charge is 0.297 e. The summed E-state index contributed by atoms with van der Waals surface area (Å²) in [6.45, 7) is 2.11. The van der Waals surface area contributed by atoms with Crippen LogP contribution in [0.3, 0.4) is 0 Å². The van der Waals surface area contributed by atoms with Crippen LogP contribution >= 0.6 is 0 Å². The molecule has 0 unspecified atom stereocenters. The van der Waals surface area contributed by atoms with Crippen LogP contribution in [0.1, 0.15) is 35.1 Å². The zero-order chi connectivity index (χ0) is 19.6. The number of hydrogen-bond acceptors (Lipinski definition) is 1. The van der Waals surface area contributed by atoms with Crippen molar-refractivity contribution < 1.29 is 4.79 Å². The van der Waals surface area contributed by atoms with E-state index in [0.29, 0.717) is 0 Å². The van der Waals surface area contributed by atoms with Crippen molar-refractivity contribution in [2.24, 2.45) is 0 Å². The molecule has 4 aromatic rings. The summed E-state index contributed by atoms with van der Waals surface area (Å²) in [6.07, 6.45) is 0. The van der Waals surface area contributed by atoms with Gasteiger partial charge in [-0.3, -0.25) is 4.79 Å². The first-order valence-corrected chi connectivity index (χ1v) is 10.1. The summed E-state index contributed by atoms with van der Waals surface area (Å²) in [5, 5.41) is 0. The van der Waals surface area contributed by atoms with Crippen molar-refractivity contribution in [3.05, 3.63) is 119 Å². The molecule has 6 rings (SSSR count). The minimum atomic E-state index is -0.664. The summed E-state index contributed by atoms with van der Waals surface area (Å²) in [4.78, 5) is 14.4. The SMILES string of the molecule is CC1(C(=O)C2c3ccccc3-c3ccccc32)c2ccccc2-c2ccccc21. The van der Waals surface area contributed by atoms with Gasteiger partial charge in [0.1, 0.15) is 0 Å². The van der Waals surface area contributed by atoms with E-state index in [-0.39, 0.29) is 11.7 Å². The third kappa shape index (κ3) is 2.02. The lowest BCUT2D eigenvalue weighted by Gasteiger charge is -2.29. The summed E-state index contributed by atoms with van der Waals surface area (Å²) in [6, 6.07) is 33.5. The number of carbonyl (C=O) groups is 1. The van der Waals surface area contributed by atoms with Gasteiger partial charge < -0.3 is 0 Å². The van der Waals surface area contributed by atoms with Gasteiger partial charge in [0.05, 0.1) is 11.3 Å². The Morgan fingerprint density at radius 3 is 1.45 bits per heavy atom. The maximum Gasteiger partial charge on any atom is 0.159 e. The van der Waals surface area contributed by atoms with Crippen molar-refractivity contribution >= 4 is 5.78 Å². The van der Waals surface area contributed by atoms with Gasteiger partial charge in [-0.2, -0.15) is 0 Å². The smallest absolute Gasteiger partial charge is 0.159 e. The molecule has 0 N–H and O–H groups in total. The lowest BCUT2D eigenvalue weighted by atomic mass is 9.70. The van der Waals surface area contributed by atoms with E-state index < -0.39 is 5.41 Å². The number of fused-ring (bicyclic) bond motifs is 6. The van der Waals surface area contributed by atoms with Crippen LogP contribution in [0.15, 0.2) is 97.1 Å². The molecule has 1 nitrogen and oxygen atoms in total. The van der Waals surface area contributed by atoms with E-state index in [1.807, 2.05) is 24.3 Å². The molecule has 0 spiro atoms. The highest BCUT2D eigenvalue weighted by molar-refractivity contribution is 6.08. The number of Topliss-reactive ketones (excluding diaryl/α,β-unsaturated/α-hetero) is 1. The van der Waals surface area contributed by atoms with E-state index in [9.17, 15) is 4.79 Å². The van der Waals surface area contributed by atoms with E-state index in [1.165, 1.54) is 22.3 Å². The van der Waals surface area contributed by atoms with Crippen molar-refractivity contribution in [2.45, 2.75) is 18.3 Å². The van der Waals surface area contributed by atoms with Gasteiger partial charge in [-0.1, -0.05) is 97.1 Å². The van der Waals surface area contributed by atoms with Crippen LogP contribution in [-0.4, -0.2) is 5.78 Å². The first-order valence-electron chi connectivity index (χ1n) is 10.1. The van der Waals surface area contributed by atoms with Gasteiger partial charge >= 0.3 is 0 Å². The zero-order valence-electron chi connectivity index (χ0n) is 16.2. The summed E-state index contributed by atoms with van der Waals surface area (Å²) in [7, 11) is 0. The predicted octanol–water partition coefficient (Wildman–Crippen LogP) is 6.35.